The molecule has 6 nitrogen and oxygen atoms in total. The van der Waals surface area contributed by atoms with Gasteiger partial charge in [0, 0.05) is 18.1 Å². The van der Waals surface area contributed by atoms with E-state index in [0.717, 1.165) is 19.6 Å². The molecule has 1 N–H and O–H groups in total. The largest absolute Gasteiger partial charge is 0.354 e. The van der Waals surface area contributed by atoms with E-state index in [-0.39, 0.29) is 11.5 Å². The Morgan fingerprint density at radius 3 is 2.67 bits per heavy atom. The van der Waals surface area contributed by atoms with Crippen LogP contribution in [0, 0.1) is 0 Å². The third kappa shape index (κ3) is 5.72. The van der Waals surface area contributed by atoms with E-state index < -0.39 is 5.25 Å². The summed E-state index contributed by atoms with van der Waals surface area (Å²) in [6.45, 7) is 5.45. The quantitative estimate of drug-likeness (QED) is 0.370. The van der Waals surface area contributed by atoms with Crippen molar-refractivity contribution in [3.05, 3.63) is 62.9 Å². The lowest BCUT2D eigenvalue weighted by Gasteiger charge is -2.26. The molecule has 1 aliphatic heterocycles. The standard InChI is InChI=1S/C24H26Cl2N4O2S/c1-16(22(31)27-11-14-29-12-5-2-6-13-29)33-24-28-20-8-4-3-7-18(20)23(32)30(24)21-10-9-17(25)15-19(21)26/h3-4,7-10,15-16H,2,5-6,11-14H2,1H3,(H,27,31). The van der Waals surface area contributed by atoms with Crippen molar-refractivity contribution in [1.82, 2.24) is 19.8 Å². The molecule has 0 radical (unpaired) electrons. The molecule has 0 spiro atoms. The summed E-state index contributed by atoms with van der Waals surface area (Å²) in [6, 6.07) is 12.1. The van der Waals surface area contributed by atoms with E-state index in [2.05, 4.69) is 10.2 Å². The average molecular weight is 505 g/mol. The Morgan fingerprint density at radius 1 is 1.15 bits per heavy atom. The van der Waals surface area contributed by atoms with E-state index in [4.69, 9.17) is 28.2 Å². The Bertz CT molecular complexity index is 1210. The molecule has 1 atom stereocenters. The van der Waals surface area contributed by atoms with Gasteiger partial charge in [-0.3, -0.25) is 14.2 Å². The lowest BCUT2D eigenvalue weighted by atomic mass is 10.1. The van der Waals surface area contributed by atoms with Crippen molar-refractivity contribution in [3.8, 4) is 5.69 Å². The number of hydrogen-bond acceptors (Lipinski definition) is 5. The SMILES string of the molecule is CC(Sc1nc2ccccc2c(=O)n1-c1ccc(Cl)cc1Cl)C(=O)NCCN1CCCCC1. The number of nitrogens with one attached hydrogen (secondary N) is 1. The fourth-order valence-corrected chi connectivity index (χ4v) is 5.38. The molecule has 2 aromatic carbocycles. The summed E-state index contributed by atoms with van der Waals surface area (Å²) in [5.74, 6) is -0.0897. The topological polar surface area (TPSA) is 67.2 Å². The Morgan fingerprint density at radius 2 is 1.91 bits per heavy atom. The molecule has 9 heteroatoms. The molecular formula is C24H26Cl2N4O2S. The zero-order valence-corrected chi connectivity index (χ0v) is 20.7. The van der Waals surface area contributed by atoms with E-state index >= 15 is 0 Å². The summed E-state index contributed by atoms with van der Waals surface area (Å²) >= 11 is 13.7. The van der Waals surface area contributed by atoms with Gasteiger partial charge in [-0.15, -0.1) is 0 Å². The van der Waals surface area contributed by atoms with E-state index in [0.29, 0.717) is 38.3 Å². The Labute approximate surface area is 207 Å². The van der Waals surface area contributed by atoms with Crippen molar-refractivity contribution < 1.29 is 4.79 Å². The first-order valence-electron chi connectivity index (χ1n) is 11.1. The van der Waals surface area contributed by atoms with Gasteiger partial charge in [-0.05, 0) is 63.2 Å². The highest BCUT2D eigenvalue weighted by atomic mass is 35.5. The first-order valence-corrected chi connectivity index (χ1v) is 12.7. The molecule has 0 bridgehead atoms. The van der Waals surface area contributed by atoms with Gasteiger partial charge in [0.1, 0.15) is 0 Å². The predicted molar refractivity (Wildman–Crippen MR) is 136 cm³/mol. The first kappa shape index (κ1) is 24.1. The summed E-state index contributed by atoms with van der Waals surface area (Å²) in [5, 5.41) is 4.26. The van der Waals surface area contributed by atoms with Crippen LogP contribution in [0.1, 0.15) is 26.2 Å². The molecule has 1 aromatic heterocycles. The van der Waals surface area contributed by atoms with Gasteiger partial charge in [-0.2, -0.15) is 0 Å². The number of rotatable bonds is 7. The van der Waals surface area contributed by atoms with Crippen LogP contribution >= 0.6 is 35.0 Å². The highest BCUT2D eigenvalue weighted by molar-refractivity contribution is 8.00. The lowest BCUT2D eigenvalue weighted by molar-refractivity contribution is -0.120. The molecule has 1 amide bonds. The van der Waals surface area contributed by atoms with E-state index in [1.807, 2.05) is 13.0 Å². The number of amides is 1. The summed E-state index contributed by atoms with van der Waals surface area (Å²) < 4.78 is 1.46. The van der Waals surface area contributed by atoms with Crippen LogP contribution in [0.15, 0.2) is 52.4 Å². The van der Waals surface area contributed by atoms with Gasteiger partial charge in [0.05, 0.1) is 26.9 Å². The second-order valence-electron chi connectivity index (χ2n) is 8.10. The van der Waals surface area contributed by atoms with Crippen LogP contribution in [-0.4, -0.2) is 51.8 Å². The maximum Gasteiger partial charge on any atom is 0.266 e. The van der Waals surface area contributed by atoms with Crippen molar-refractivity contribution >= 4 is 51.8 Å². The fraction of sp³-hybridized carbons (Fsp3) is 0.375. The average Bonchev–Trinajstić information content (AvgIpc) is 2.81. The monoisotopic (exact) mass is 504 g/mol. The normalized spacial score (nSPS) is 15.5. The summed E-state index contributed by atoms with van der Waals surface area (Å²) in [4.78, 5) is 33.3. The number of thioether (sulfide) groups is 1. The van der Waals surface area contributed by atoms with E-state index in [1.54, 1.807) is 36.4 Å². The second kappa shape index (κ2) is 10.9. The second-order valence-corrected chi connectivity index (χ2v) is 10.3. The molecule has 1 fully saturated rings. The summed E-state index contributed by atoms with van der Waals surface area (Å²) in [6.07, 6.45) is 3.73. The molecule has 2 heterocycles. The minimum atomic E-state index is -0.447. The van der Waals surface area contributed by atoms with Crippen LogP contribution < -0.4 is 10.9 Å². The number of nitrogens with zero attached hydrogens (tertiary/aromatic N) is 3. The number of fused-ring (bicyclic) bond motifs is 1. The van der Waals surface area contributed by atoms with Crippen LogP contribution in [0.5, 0.6) is 0 Å². The van der Waals surface area contributed by atoms with Gasteiger partial charge < -0.3 is 10.2 Å². The zero-order chi connectivity index (χ0) is 23.4. The van der Waals surface area contributed by atoms with E-state index in [1.165, 1.54) is 35.6 Å². The Kier molecular flexibility index (Phi) is 7.96. The fourth-order valence-electron chi connectivity index (χ4n) is 3.94. The first-order chi connectivity index (χ1) is 15.9. The highest BCUT2D eigenvalue weighted by Crippen LogP contribution is 2.29. The Balaban J connectivity index is 1.58. The van der Waals surface area contributed by atoms with Crippen LogP contribution in [0.2, 0.25) is 10.0 Å². The number of para-hydroxylation sites is 1. The van der Waals surface area contributed by atoms with Crippen molar-refractivity contribution in [2.75, 3.05) is 26.2 Å². The predicted octanol–water partition coefficient (Wildman–Crippen LogP) is 4.78. The number of piperidine rings is 1. The molecule has 1 aliphatic rings. The van der Waals surface area contributed by atoms with E-state index in [9.17, 15) is 9.59 Å². The maximum atomic E-state index is 13.4. The minimum absolute atomic E-state index is 0.0897. The molecule has 3 aromatic rings. The molecule has 0 saturated carbocycles. The highest BCUT2D eigenvalue weighted by Gasteiger charge is 2.21. The van der Waals surface area contributed by atoms with Gasteiger partial charge in [0.15, 0.2) is 5.16 Å². The number of benzene rings is 2. The minimum Gasteiger partial charge on any atom is -0.354 e. The summed E-state index contributed by atoms with van der Waals surface area (Å²) in [7, 11) is 0. The molecule has 0 aliphatic carbocycles. The number of carbonyl (C=O) groups is 1. The number of likely N-dealkylation sites (tertiary alicyclic amines) is 1. The van der Waals surface area contributed by atoms with Crippen molar-refractivity contribution in [2.24, 2.45) is 0 Å². The molecular weight excluding hydrogens is 479 g/mol. The number of halogens is 2. The number of hydrogen-bond donors (Lipinski definition) is 1. The molecule has 1 unspecified atom stereocenters. The smallest absolute Gasteiger partial charge is 0.266 e. The maximum absolute atomic E-state index is 13.4. The Hall–Kier alpha value is -2.06. The van der Waals surface area contributed by atoms with Gasteiger partial charge in [0.2, 0.25) is 5.91 Å². The zero-order valence-electron chi connectivity index (χ0n) is 18.4. The lowest BCUT2D eigenvalue weighted by Crippen LogP contribution is -2.40. The van der Waals surface area contributed by atoms with Gasteiger partial charge >= 0.3 is 0 Å². The molecule has 174 valence electrons. The third-order valence-electron chi connectivity index (χ3n) is 5.72. The van der Waals surface area contributed by atoms with Crippen molar-refractivity contribution in [2.45, 2.75) is 36.6 Å². The van der Waals surface area contributed by atoms with Gasteiger partial charge in [-0.1, -0.05) is 53.5 Å². The van der Waals surface area contributed by atoms with Crippen LogP contribution in [0.4, 0.5) is 0 Å². The molecule has 4 rings (SSSR count). The van der Waals surface area contributed by atoms with Crippen molar-refractivity contribution in [3.63, 3.8) is 0 Å². The molecule has 1 saturated heterocycles. The molecule has 33 heavy (non-hydrogen) atoms. The van der Waals surface area contributed by atoms with Crippen LogP contribution in [0.25, 0.3) is 16.6 Å². The third-order valence-corrected chi connectivity index (χ3v) is 7.31. The van der Waals surface area contributed by atoms with Crippen LogP contribution in [-0.2, 0) is 4.79 Å². The van der Waals surface area contributed by atoms with Crippen molar-refractivity contribution in [1.29, 1.82) is 0 Å². The van der Waals surface area contributed by atoms with Gasteiger partial charge in [-0.25, -0.2) is 4.98 Å². The number of aromatic nitrogens is 2. The summed E-state index contributed by atoms with van der Waals surface area (Å²) in [5.41, 5.74) is 0.804. The number of carbonyl (C=O) groups excluding carboxylic acids is 1. The van der Waals surface area contributed by atoms with Gasteiger partial charge in [0.25, 0.3) is 5.56 Å². The van der Waals surface area contributed by atoms with Crippen LogP contribution in [0.3, 0.4) is 0 Å².